The van der Waals surface area contributed by atoms with E-state index in [2.05, 4.69) is 62.5 Å². The topological polar surface area (TPSA) is 110 Å². The molecule has 0 saturated carbocycles. The van der Waals surface area contributed by atoms with Gasteiger partial charge in [-0.15, -0.1) is 11.8 Å². The highest BCUT2D eigenvalue weighted by atomic mass is 32.2. The zero-order valence-corrected chi connectivity index (χ0v) is 22.5. The monoisotopic (exact) mass is 521 g/mol. The molecule has 0 aliphatic carbocycles. The number of carbonyl (C=O) groups excluding carboxylic acids is 1. The Balaban J connectivity index is 1.63. The number of nitrogen functional groups attached to an aromatic ring is 2. The van der Waals surface area contributed by atoms with Crippen LogP contribution in [0.3, 0.4) is 0 Å². The van der Waals surface area contributed by atoms with E-state index in [1.807, 2.05) is 40.6 Å². The first-order chi connectivity index (χ1) is 18.1. The molecule has 5 aromatic rings. The molecule has 4 aromatic carbocycles. The van der Waals surface area contributed by atoms with Crippen molar-refractivity contribution < 1.29 is 4.79 Å². The lowest BCUT2D eigenvalue weighted by Gasteiger charge is -2.20. The number of amides is 1. The molecule has 0 aliphatic rings. The van der Waals surface area contributed by atoms with Gasteiger partial charge in [-0.3, -0.25) is 10.2 Å². The van der Waals surface area contributed by atoms with Crippen LogP contribution in [-0.4, -0.2) is 21.1 Å². The zero-order valence-electron chi connectivity index (χ0n) is 21.7. The van der Waals surface area contributed by atoms with Crippen LogP contribution in [0.2, 0.25) is 0 Å². The second-order valence-corrected chi connectivity index (χ2v) is 12.2. The summed E-state index contributed by atoms with van der Waals surface area (Å²) >= 11 is 1.85. The molecular formula is C31H31N5OS. The number of fused-ring (bicyclic) bond motifs is 2. The summed E-state index contributed by atoms with van der Waals surface area (Å²) in [6.45, 7) is 7.12. The van der Waals surface area contributed by atoms with E-state index in [1.165, 1.54) is 10.3 Å². The van der Waals surface area contributed by atoms with Gasteiger partial charge in [0.15, 0.2) is 0 Å². The Morgan fingerprint density at radius 2 is 1.66 bits per heavy atom. The molecule has 0 fully saturated rings. The van der Waals surface area contributed by atoms with Crippen molar-refractivity contribution >= 4 is 56.6 Å². The van der Waals surface area contributed by atoms with Gasteiger partial charge in [-0.1, -0.05) is 63.2 Å². The number of carbonyl (C=O) groups is 1. The fourth-order valence-electron chi connectivity index (χ4n) is 4.62. The lowest BCUT2D eigenvalue weighted by atomic mass is 10.0. The van der Waals surface area contributed by atoms with E-state index in [-0.39, 0.29) is 16.5 Å². The van der Waals surface area contributed by atoms with Gasteiger partial charge in [0.05, 0.1) is 0 Å². The Morgan fingerprint density at radius 1 is 0.947 bits per heavy atom. The molecule has 0 aliphatic heterocycles. The van der Waals surface area contributed by atoms with E-state index in [1.54, 1.807) is 24.3 Å². The fourth-order valence-corrected chi connectivity index (χ4v) is 5.71. The van der Waals surface area contributed by atoms with Crippen LogP contribution in [0.25, 0.3) is 21.7 Å². The van der Waals surface area contributed by atoms with Crippen LogP contribution < -0.4 is 16.8 Å². The van der Waals surface area contributed by atoms with Crippen molar-refractivity contribution in [3.8, 4) is 0 Å². The molecule has 0 unspecified atom stereocenters. The number of anilines is 2. The number of aromatic nitrogens is 1. The number of nitrogens with zero attached hydrogens (tertiary/aromatic N) is 1. The van der Waals surface area contributed by atoms with Crippen molar-refractivity contribution in [2.24, 2.45) is 5.73 Å². The molecule has 6 N–H and O–H groups in total. The number of thioether (sulfide) groups is 1. The molecule has 1 aromatic heterocycles. The summed E-state index contributed by atoms with van der Waals surface area (Å²) in [7, 11) is 0. The van der Waals surface area contributed by atoms with Gasteiger partial charge in [0, 0.05) is 44.0 Å². The molecule has 7 heteroatoms. The molecule has 192 valence electrons. The summed E-state index contributed by atoms with van der Waals surface area (Å²) in [6.07, 6.45) is 0. The van der Waals surface area contributed by atoms with Gasteiger partial charge in [0.1, 0.15) is 11.5 Å². The number of hydrogen-bond acceptors (Lipinski definition) is 4. The molecule has 5 rings (SSSR count). The third-order valence-electron chi connectivity index (χ3n) is 6.33. The van der Waals surface area contributed by atoms with E-state index in [0.29, 0.717) is 29.2 Å². The van der Waals surface area contributed by atoms with Crippen molar-refractivity contribution in [2.75, 3.05) is 11.1 Å². The average Bonchev–Trinajstić information content (AvgIpc) is 3.23. The Bertz CT molecular complexity index is 1680. The van der Waals surface area contributed by atoms with Gasteiger partial charge in [0.25, 0.3) is 5.91 Å². The van der Waals surface area contributed by atoms with E-state index in [4.69, 9.17) is 16.9 Å². The average molecular weight is 522 g/mol. The molecule has 0 atom stereocenters. The van der Waals surface area contributed by atoms with Crippen molar-refractivity contribution in [3.05, 3.63) is 102 Å². The number of benzene rings is 4. The summed E-state index contributed by atoms with van der Waals surface area (Å²) in [6, 6.07) is 27.3. The molecule has 6 nitrogen and oxygen atoms in total. The SMILES string of the molecule is CC(C)(C)Sc1cccc2c(Cn3c(C(=O)Nc4ccc(N)cc4)cc4ccc(C(=N)N)cc43)cccc12. The van der Waals surface area contributed by atoms with Crippen LogP contribution in [0.15, 0.2) is 89.8 Å². The quantitative estimate of drug-likeness (QED) is 0.0847. The first kappa shape index (κ1) is 25.4. The molecule has 0 bridgehead atoms. The van der Waals surface area contributed by atoms with Crippen molar-refractivity contribution in [3.63, 3.8) is 0 Å². The Morgan fingerprint density at radius 3 is 2.37 bits per heavy atom. The van der Waals surface area contributed by atoms with Gasteiger partial charge in [0.2, 0.25) is 0 Å². The highest BCUT2D eigenvalue weighted by molar-refractivity contribution is 8.00. The highest BCUT2D eigenvalue weighted by Gasteiger charge is 2.19. The molecule has 1 amide bonds. The minimum atomic E-state index is -0.223. The van der Waals surface area contributed by atoms with Gasteiger partial charge in [-0.25, -0.2) is 0 Å². The lowest BCUT2D eigenvalue weighted by molar-refractivity contribution is 0.101. The maximum Gasteiger partial charge on any atom is 0.272 e. The normalized spacial score (nSPS) is 11.7. The number of amidine groups is 1. The van der Waals surface area contributed by atoms with Gasteiger partial charge < -0.3 is 21.4 Å². The van der Waals surface area contributed by atoms with Crippen LogP contribution in [-0.2, 0) is 6.54 Å². The largest absolute Gasteiger partial charge is 0.399 e. The summed E-state index contributed by atoms with van der Waals surface area (Å²) < 4.78 is 2.09. The second-order valence-electron chi connectivity index (χ2n) is 10.4. The number of rotatable bonds is 6. The number of nitrogens with one attached hydrogen (secondary N) is 2. The predicted octanol–water partition coefficient (Wildman–Crippen LogP) is 6.85. The summed E-state index contributed by atoms with van der Waals surface area (Å²) in [5.41, 5.74) is 16.0. The van der Waals surface area contributed by atoms with E-state index in [9.17, 15) is 4.79 Å². The summed E-state index contributed by atoms with van der Waals surface area (Å²) in [5.74, 6) is -0.235. The minimum absolute atomic E-state index is 0.0125. The summed E-state index contributed by atoms with van der Waals surface area (Å²) in [5, 5.41) is 14.2. The first-order valence-electron chi connectivity index (χ1n) is 12.4. The summed E-state index contributed by atoms with van der Waals surface area (Å²) in [4.78, 5) is 14.8. The van der Waals surface area contributed by atoms with Gasteiger partial charge in [-0.05, 0) is 58.8 Å². The van der Waals surface area contributed by atoms with Crippen LogP contribution in [0.5, 0.6) is 0 Å². The standard InChI is InChI=1S/C31H31N5OS/c1-31(2,3)38-28-9-5-7-24-21(6-4-8-25(24)28)18-36-26-17-20(29(33)34)11-10-19(26)16-27(36)30(37)35-23-14-12-22(32)13-15-23/h4-17H,18,32H2,1-3H3,(H3,33,34)(H,35,37). The van der Waals surface area contributed by atoms with Crippen molar-refractivity contribution in [1.82, 2.24) is 4.57 Å². The van der Waals surface area contributed by atoms with E-state index >= 15 is 0 Å². The van der Waals surface area contributed by atoms with Crippen LogP contribution in [0.4, 0.5) is 11.4 Å². The zero-order chi connectivity index (χ0) is 27.0. The van der Waals surface area contributed by atoms with Crippen LogP contribution >= 0.6 is 11.8 Å². The van der Waals surface area contributed by atoms with Crippen LogP contribution in [0.1, 0.15) is 42.4 Å². The van der Waals surface area contributed by atoms with Crippen molar-refractivity contribution in [1.29, 1.82) is 5.41 Å². The number of hydrogen-bond donors (Lipinski definition) is 4. The third kappa shape index (κ3) is 5.24. The van der Waals surface area contributed by atoms with Gasteiger partial charge >= 0.3 is 0 Å². The first-order valence-corrected chi connectivity index (χ1v) is 13.2. The molecule has 38 heavy (non-hydrogen) atoms. The Labute approximate surface area is 226 Å². The maximum atomic E-state index is 13.5. The predicted molar refractivity (Wildman–Crippen MR) is 160 cm³/mol. The van der Waals surface area contributed by atoms with E-state index < -0.39 is 0 Å². The van der Waals surface area contributed by atoms with Crippen LogP contribution in [0, 0.1) is 5.41 Å². The highest BCUT2D eigenvalue weighted by Crippen LogP contribution is 2.37. The molecule has 0 radical (unpaired) electrons. The third-order valence-corrected chi connectivity index (χ3v) is 7.52. The van der Waals surface area contributed by atoms with Gasteiger partial charge in [-0.2, -0.15) is 0 Å². The second kappa shape index (κ2) is 9.91. The lowest BCUT2D eigenvalue weighted by Crippen LogP contribution is -2.18. The Kier molecular flexibility index (Phi) is 6.63. The number of nitrogens with two attached hydrogens (primary N) is 2. The molecular weight excluding hydrogens is 490 g/mol. The smallest absolute Gasteiger partial charge is 0.272 e. The molecule has 0 saturated heterocycles. The van der Waals surface area contributed by atoms with Crippen molar-refractivity contribution in [2.45, 2.75) is 37.0 Å². The minimum Gasteiger partial charge on any atom is -0.399 e. The van der Waals surface area contributed by atoms with E-state index in [0.717, 1.165) is 21.9 Å². The fraction of sp³-hybridized carbons (Fsp3) is 0.161. The molecule has 0 spiro atoms. The molecule has 1 heterocycles. The Hall–Kier alpha value is -4.23. The maximum absolute atomic E-state index is 13.5.